The Kier molecular flexibility index (Phi) is 8.22. The Hall–Kier alpha value is -0.600. The van der Waals surface area contributed by atoms with Gasteiger partial charge < -0.3 is 9.47 Å². The standard InChI is InChI=1S/C10H12Cl2O2.C2H6/c1-13-9-3-8(6-12)10(14-2)4-7(9)5-11;1-2/h3-4H,5-6H2,1-2H3;1-2H3. The third kappa shape index (κ3) is 3.76. The SMILES string of the molecule is CC.COc1cc(CCl)c(OC)cc1CCl. The zero-order valence-corrected chi connectivity index (χ0v) is 11.7. The van der Waals surface area contributed by atoms with Crippen molar-refractivity contribution in [1.29, 1.82) is 0 Å². The zero-order chi connectivity index (χ0) is 12.6. The van der Waals surface area contributed by atoms with E-state index >= 15 is 0 Å². The molecule has 0 unspecified atom stereocenters. The molecule has 0 heterocycles. The molecule has 1 aromatic carbocycles. The maximum absolute atomic E-state index is 5.77. The summed E-state index contributed by atoms with van der Waals surface area (Å²) in [5.41, 5.74) is 1.81. The highest BCUT2D eigenvalue weighted by molar-refractivity contribution is 6.17. The van der Waals surface area contributed by atoms with Crippen LogP contribution in [0.5, 0.6) is 11.5 Å². The highest BCUT2D eigenvalue weighted by Gasteiger charge is 2.09. The Morgan fingerprint density at radius 3 is 1.38 bits per heavy atom. The minimum absolute atomic E-state index is 0.391. The molecule has 0 aliphatic carbocycles. The van der Waals surface area contributed by atoms with Gasteiger partial charge in [-0.25, -0.2) is 0 Å². The predicted octanol–water partition coefficient (Wildman–Crippen LogP) is 4.21. The normalized spacial score (nSPS) is 9.12. The van der Waals surface area contributed by atoms with Gasteiger partial charge in [0.2, 0.25) is 0 Å². The molecule has 0 amide bonds. The Morgan fingerprint density at radius 1 is 0.875 bits per heavy atom. The Bertz CT molecular complexity index is 256. The quantitative estimate of drug-likeness (QED) is 0.759. The monoisotopic (exact) mass is 264 g/mol. The molecular weight excluding hydrogens is 247 g/mol. The molecule has 4 heteroatoms. The van der Waals surface area contributed by atoms with Crippen molar-refractivity contribution in [2.24, 2.45) is 0 Å². The summed E-state index contributed by atoms with van der Waals surface area (Å²) in [4.78, 5) is 0. The van der Waals surface area contributed by atoms with Crippen molar-refractivity contribution in [3.8, 4) is 11.5 Å². The highest BCUT2D eigenvalue weighted by Crippen LogP contribution is 2.30. The molecule has 2 nitrogen and oxygen atoms in total. The molecular formula is C12H18Cl2O2. The van der Waals surface area contributed by atoms with Gasteiger partial charge in [-0.1, -0.05) is 13.8 Å². The van der Waals surface area contributed by atoms with E-state index in [2.05, 4.69) is 0 Å². The minimum atomic E-state index is 0.391. The van der Waals surface area contributed by atoms with Crippen LogP contribution in [0.25, 0.3) is 0 Å². The maximum Gasteiger partial charge on any atom is 0.123 e. The Morgan fingerprint density at radius 2 is 1.19 bits per heavy atom. The average Bonchev–Trinajstić information content (AvgIpc) is 2.39. The van der Waals surface area contributed by atoms with Crippen LogP contribution in [-0.2, 0) is 11.8 Å². The molecule has 0 spiro atoms. The molecule has 92 valence electrons. The van der Waals surface area contributed by atoms with E-state index in [1.54, 1.807) is 14.2 Å². The first-order valence-electron chi connectivity index (χ1n) is 5.12. The molecule has 0 fully saturated rings. The lowest BCUT2D eigenvalue weighted by molar-refractivity contribution is 0.397. The second kappa shape index (κ2) is 8.54. The molecule has 0 saturated carbocycles. The van der Waals surface area contributed by atoms with Crippen LogP contribution in [0.2, 0.25) is 0 Å². The molecule has 16 heavy (non-hydrogen) atoms. The van der Waals surface area contributed by atoms with Crippen LogP contribution >= 0.6 is 23.2 Å². The molecule has 0 aliphatic rings. The van der Waals surface area contributed by atoms with Gasteiger partial charge in [0.25, 0.3) is 0 Å². The molecule has 1 rings (SSSR count). The van der Waals surface area contributed by atoms with Crippen molar-refractivity contribution in [3.05, 3.63) is 23.3 Å². The van der Waals surface area contributed by atoms with Crippen molar-refractivity contribution in [3.63, 3.8) is 0 Å². The highest BCUT2D eigenvalue weighted by atomic mass is 35.5. The van der Waals surface area contributed by atoms with Gasteiger partial charge in [-0.05, 0) is 12.1 Å². The number of benzene rings is 1. The molecule has 0 N–H and O–H groups in total. The van der Waals surface area contributed by atoms with Crippen LogP contribution in [0.4, 0.5) is 0 Å². The van der Waals surface area contributed by atoms with E-state index in [-0.39, 0.29) is 0 Å². The molecule has 0 radical (unpaired) electrons. The minimum Gasteiger partial charge on any atom is -0.496 e. The Labute approximate surface area is 107 Å². The first-order valence-corrected chi connectivity index (χ1v) is 6.19. The number of methoxy groups -OCH3 is 2. The van der Waals surface area contributed by atoms with Crippen LogP contribution in [-0.4, -0.2) is 14.2 Å². The largest absolute Gasteiger partial charge is 0.496 e. The van der Waals surface area contributed by atoms with E-state index in [0.29, 0.717) is 11.8 Å². The average molecular weight is 265 g/mol. The fraction of sp³-hybridized carbons (Fsp3) is 0.500. The van der Waals surface area contributed by atoms with E-state index < -0.39 is 0 Å². The summed E-state index contributed by atoms with van der Waals surface area (Å²) >= 11 is 11.5. The molecule has 0 aliphatic heterocycles. The number of hydrogen-bond acceptors (Lipinski definition) is 2. The lowest BCUT2D eigenvalue weighted by atomic mass is 10.1. The molecule has 0 atom stereocenters. The first-order chi connectivity index (χ1) is 7.76. The first kappa shape index (κ1) is 15.4. The third-order valence-corrected chi connectivity index (χ3v) is 2.55. The van der Waals surface area contributed by atoms with Gasteiger partial charge in [0.1, 0.15) is 11.5 Å². The number of rotatable bonds is 4. The summed E-state index contributed by atoms with van der Waals surface area (Å²) in [5.74, 6) is 2.28. The summed E-state index contributed by atoms with van der Waals surface area (Å²) in [6, 6.07) is 3.70. The van der Waals surface area contributed by atoms with Crippen LogP contribution in [0.1, 0.15) is 25.0 Å². The number of hydrogen-bond donors (Lipinski definition) is 0. The predicted molar refractivity (Wildman–Crippen MR) is 70.0 cm³/mol. The second-order valence-electron chi connectivity index (χ2n) is 2.74. The summed E-state index contributed by atoms with van der Waals surface area (Å²) in [6.07, 6.45) is 0. The third-order valence-electron chi connectivity index (χ3n) is 1.97. The van der Waals surface area contributed by atoms with E-state index in [9.17, 15) is 0 Å². The molecule has 0 saturated heterocycles. The van der Waals surface area contributed by atoms with Crippen molar-refractivity contribution < 1.29 is 9.47 Å². The van der Waals surface area contributed by atoms with Gasteiger partial charge in [-0.15, -0.1) is 23.2 Å². The molecule has 1 aromatic rings. The smallest absolute Gasteiger partial charge is 0.123 e. The van der Waals surface area contributed by atoms with Gasteiger partial charge >= 0.3 is 0 Å². The maximum atomic E-state index is 5.77. The summed E-state index contributed by atoms with van der Waals surface area (Å²) in [5, 5.41) is 0. The van der Waals surface area contributed by atoms with Crippen LogP contribution < -0.4 is 9.47 Å². The summed E-state index contributed by atoms with van der Waals surface area (Å²) < 4.78 is 10.4. The van der Waals surface area contributed by atoms with Crippen LogP contribution in [0.15, 0.2) is 12.1 Å². The number of alkyl halides is 2. The fourth-order valence-electron chi connectivity index (χ4n) is 1.23. The summed E-state index contributed by atoms with van der Waals surface area (Å²) in [7, 11) is 3.21. The fourth-order valence-corrected chi connectivity index (χ4v) is 1.65. The van der Waals surface area contributed by atoms with E-state index in [1.165, 1.54) is 0 Å². The van der Waals surface area contributed by atoms with Crippen molar-refractivity contribution in [2.75, 3.05) is 14.2 Å². The van der Waals surface area contributed by atoms with E-state index in [1.807, 2.05) is 26.0 Å². The second-order valence-corrected chi connectivity index (χ2v) is 3.28. The number of halogens is 2. The van der Waals surface area contributed by atoms with Gasteiger partial charge in [-0.3, -0.25) is 0 Å². The zero-order valence-electron chi connectivity index (χ0n) is 10.1. The van der Waals surface area contributed by atoms with Crippen LogP contribution in [0.3, 0.4) is 0 Å². The molecule has 0 aromatic heterocycles. The summed E-state index contributed by atoms with van der Waals surface area (Å²) in [6.45, 7) is 4.00. The lowest BCUT2D eigenvalue weighted by Gasteiger charge is -2.11. The van der Waals surface area contributed by atoms with Crippen molar-refractivity contribution in [2.45, 2.75) is 25.6 Å². The topological polar surface area (TPSA) is 18.5 Å². The van der Waals surface area contributed by atoms with Crippen LogP contribution in [0, 0.1) is 0 Å². The lowest BCUT2D eigenvalue weighted by Crippen LogP contribution is -1.95. The molecule has 0 bridgehead atoms. The van der Waals surface area contributed by atoms with E-state index in [0.717, 1.165) is 22.6 Å². The van der Waals surface area contributed by atoms with E-state index in [4.69, 9.17) is 32.7 Å². The van der Waals surface area contributed by atoms with Gasteiger partial charge in [0, 0.05) is 11.1 Å². The van der Waals surface area contributed by atoms with Gasteiger partial charge in [0.15, 0.2) is 0 Å². The van der Waals surface area contributed by atoms with Crippen molar-refractivity contribution in [1.82, 2.24) is 0 Å². The van der Waals surface area contributed by atoms with Crippen molar-refractivity contribution >= 4 is 23.2 Å². The van der Waals surface area contributed by atoms with Gasteiger partial charge in [0.05, 0.1) is 26.0 Å². The number of ether oxygens (including phenoxy) is 2. The van der Waals surface area contributed by atoms with Gasteiger partial charge in [-0.2, -0.15) is 0 Å². The Balaban J connectivity index is 0.00000106.